The van der Waals surface area contributed by atoms with Gasteiger partial charge in [-0.05, 0) is 50.3 Å². The molecule has 1 aromatic carbocycles. The highest BCUT2D eigenvalue weighted by molar-refractivity contribution is 5.31. The van der Waals surface area contributed by atoms with Gasteiger partial charge in [0.2, 0.25) is 0 Å². The van der Waals surface area contributed by atoms with Crippen molar-refractivity contribution in [3.63, 3.8) is 0 Å². The summed E-state index contributed by atoms with van der Waals surface area (Å²) in [5.74, 6) is 2.54. The highest BCUT2D eigenvalue weighted by atomic mass is 16.5. The molecule has 1 aromatic rings. The van der Waals surface area contributed by atoms with Gasteiger partial charge in [0.25, 0.3) is 0 Å². The van der Waals surface area contributed by atoms with E-state index in [0.29, 0.717) is 0 Å². The van der Waals surface area contributed by atoms with Crippen molar-refractivity contribution < 1.29 is 9.47 Å². The summed E-state index contributed by atoms with van der Waals surface area (Å²) in [6.07, 6.45) is 9.94. The zero-order valence-corrected chi connectivity index (χ0v) is 12.8. The molecule has 2 heterocycles. The Balaban J connectivity index is 1.84. The Morgan fingerprint density at radius 2 is 1.67 bits per heavy atom. The van der Waals surface area contributed by atoms with E-state index in [9.17, 15) is 0 Å². The maximum absolute atomic E-state index is 5.94. The number of benzene rings is 1. The summed E-state index contributed by atoms with van der Waals surface area (Å²) >= 11 is 0. The molecule has 1 atom stereocenters. The monoisotopic (exact) mass is 284 g/mol. The number of rotatable bonds is 4. The molecule has 2 nitrogen and oxygen atoms in total. The van der Waals surface area contributed by atoms with Gasteiger partial charge >= 0.3 is 0 Å². The molecular formula is C19H24O2. The number of aryl methyl sites for hydroxylation is 1. The largest absolute Gasteiger partial charge is 0.498 e. The van der Waals surface area contributed by atoms with E-state index in [1.54, 1.807) is 0 Å². The number of hydrogen-bond donors (Lipinski definition) is 0. The van der Waals surface area contributed by atoms with Crippen LogP contribution in [0.15, 0.2) is 47.9 Å². The molecule has 1 unspecified atom stereocenters. The first-order valence-corrected chi connectivity index (χ1v) is 8.04. The molecule has 0 N–H and O–H groups in total. The van der Waals surface area contributed by atoms with Gasteiger partial charge in [-0.1, -0.05) is 29.8 Å². The van der Waals surface area contributed by atoms with E-state index in [1.807, 2.05) is 0 Å². The van der Waals surface area contributed by atoms with Gasteiger partial charge in [0.15, 0.2) is 0 Å². The van der Waals surface area contributed by atoms with Crippen LogP contribution in [0.25, 0.3) is 0 Å². The van der Waals surface area contributed by atoms with E-state index in [2.05, 4.69) is 43.3 Å². The molecule has 0 radical (unpaired) electrons. The van der Waals surface area contributed by atoms with Crippen molar-refractivity contribution in [3.8, 4) is 0 Å². The van der Waals surface area contributed by atoms with Crippen LogP contribution in [0.1, 0.15) is 49.1 Å². The Morgan fingerprint density at radius 3 is 2.29 bits per heavy atom. The van der Waals surface area contributed by atoms with Gasteiger partial charge in [0.05, 0.1) is 24.7 Å². The first-order chi connectivity index (χ1) is 10.3. The fraction of sp³-hybridized carbons (Fsp3) is 0.474. The van der Waals surface area contributed by atoms with Crippen molar-refractivity contribution in [2.24, 2.45) is 0 Å². The molecule has 2 heteroatoms. The summed E-state index contributed by atoms with van der Waals surface area (Å²) in [5.41, 5.74) is 2.62. The molecule has 0 saturated heterocycles. The van der Waals surface area contributed by atoms with Crippen molar-refractivity contribution in [2.45, 2.75) is 44.9 Å². The second kappa shape index (κ2) is 6.84. The molecule has 0 fully saturated rings. The minimum absolute atomic E-state index is 0.287. The summed E-state index contributed by atoms with van der Waals surface area (Å²) in [6.45, 7) is 3.82. The zero-order chi connectivity index (χ0) is 14.5. The molecule has 2 aliphatic rings. The van der Waals surface area contributed by atoms with Crippen molar-refractivity contribution in [2.75, 3.05) is 13.2 Å². The second-order valence-corrected chi connectivity index (χ2v) is 5.93. The van der Waals surface area contributed by atoms with Crippen LogP contribution in [0.5, 0.6) is 0 Å². The van der Waals surface area contributed by atoms with Crippen LogP contribution >= 0.6 is 0 Å². The average molecular weight is 284 g/mol. The molecule has 0 aliphatic carbocycles. The Morgan fingerprint density at radius 1 is 0.952 bits per heavy atom. The molecule has 112 valence electrons. The van der Waals surface area contributed by atoms with E-state index in [0.717, 1.165) is 56.8 Å². The molecule has 0 bridgehead atoms. The predicted molar refractivity (Wildman–Crippen MR) is 85.1 cm³/mol. The molecule has 2 aliphatic heterocycles. The molecule has 0 saturated carbocycles. The quantitative estimate of drug-likeness (QED) is 0.786. The maximum atomic E-state index is 5.94. The molecule has 3 rings (SSSR count). The van der Waals surface area contributed by atoms with Crippen molar-refractivity contribution in [1.29, 1.82) is 0 Å². The van der Waals surface area contributed by atoms with Crippen molar-refractivity contribution in [3.05, 3.63) is 59.1 Å². The number of allylic oxidation sites excluding steroid dienone is 4. The Labute approximate surface area is 127 Å². The molecular weight excluding hydrogens is 260 g/mol. The number of hydrogen-bond acceptors (Lipinski definition) is 2. The lowest BCUT2D eigenvalue weighted by Crippen LogP contribution is -2.13. The van der Waals surface area contributed by atoms with E-state index in [-0.39, 0.29) is 5.92 Å². The third-order valence-corrected chi connectivity index (χ3v) is 4.20. The molecule has 21 heavy (non-hydrogen) atoms. The highest BCUT2D eigenvalue weighted by Crippen LogP contribution is 2.35. The Bertz CT molecular complexity index is 525. The SMILES string of the molecule is Cc1ccc(C(CC2=CCCCO2)C2=CCCCO2)cc1. The van der Waals surface area contributed by atoms with Crippen LogP contribution in [-0.2, 0) is 9.47 Å². The van der Waals surface area contributed by atoms with Crippen LogP contribution in [0.3, 0.4) is 0 Å². The van der Waals surface area contributed by atoms with Gasteiger partial charge < -0.3 is 9.47 Å². The van der Waals surface area contributed by atoms with Crippen LogP contribution < -0.4 is 0 Å². The normalized spacial score (nSPS) is 19.9. The van der Waals surface area contributed by atoms with Gasteiger partial charge in [-0.3, -0.25) is 0 Å². The summed E-state index contributed by atoms with van der Waals surface area (Å²) in [4.78, 5) is 0. The Hall–Kier alpha value is -1.70. The Kier molecular flexibility index (Phi) is 4.64. The smallest absolute Gasteiger partial charge is 0.0999 e. The highest BCUT2D eigenvalue weighted by Gasteiger charge is 2.22. The lowest BCUT2D eigenvalue weighted by molar-refractivity contribution is 0.154. The fourth-order valence-electron chi connectivity index (χ4n) is 2.95. The van der Waals surface area contributed by atoms with Crippen molar-refractivity contribution >= 4 is 0 Å². The van der Waals surface area contributed by atoms with E-state index in [4.69, 9.17) is 9.47 Å². The predicted octanol–water partition coefficient (Wildman–Crippen LogP) is 4.86. The van der Waals surface area contributed by atoms with E-state index < -0.39 is 0 Å². The summed E-state index contributed by atoms with van der Waals surface area (Å²) in [6, 6.07) is 8.81. The zero-order valence-electron chi connectivity index (χ0n) is 12.8. The van der Waals surface area contributed by atoms with Crippen molar-refractivity contribution in [1.82, 2.24) is 0 Å². The topological polar surface area (TPSA) is 18.5 Å². The third-order valence-electron chi connectivity index (χ3n) is 4.20. The third kappa shape index (κ3) is 3.69. The second-order valence-electron chi connectivity index (χ2n) is 5.93. The van der Waals surface area contributed by atoms with Gasteiger partial charge in [0, 0.05) is 12.3 Å². The van der Waals surface area contributed by atoms with Crippen LogP contribution in [0.2, 0.25) is 0 Å². The minimum atomic E-state index is 0.287. The van der Waals surface area contributed by atoms with Gasteiger partial charge in [-0.25, -0.2) is 0 Å². The van der Waals surface area contributed by atoms with Gasteiger partial charge in [-0.15, -0.1) is 0 Å². The van der Waals surface area contributed by atoms with Crippen LogP contribution in [0, 0.1) is 6.92 Å². The molecule has 0 aromatic heterocycles. The summed E-state index contributed by atoms with van der Waals surface area (Å²) in [7, 11) is 0. The van der Waals surface area contributed by atoms with Crippen LogP contribution in [0.4, 0.5) is 0 Å². The minimum Gasteiger partial charge on any atom is -0.498 e. The van der Waals surface area contributed by atoms with E-state index >= 15 is 0 Å². The number of ether oxygens (including phenoxy) is 2. The lowest BCUT2D eigenvalue weighted by atomic mass is 9.90. The summed E-state index contributed by atoms with van der Waals surface area (Å²) < 4.78 is 11.8. The maximum Gasteiger partial charge on any atom is 0.0999 e. The lowest BCUT2D eigenvalue weighted by Gasteiger charge is -2.26. The summed E-state index contributed by atoms with van der Waals surface area (Å²) in [5, 5.41) is 0. The first-order valence-electron chi connectivity index (χ1n) is 8.04. The first kappa shape index (κ1) is 14.2. The van der Waals surface area contributed by atoms with Gasteiger partial charge in [0.1, 0.15) is 0 Å². The van der Waals surface area contributed by atoms with Crippen LogP contribution in [-0.4, -0.2) is 13.2 Å². The van der Waals surface area contributed by atoms with E-state index in [1.165, 1.54) is 11.1 Å². The molecule has 0 spiro atoms. The molecule has 0 amide bonds. The van der Waals surface area contributed by atoms with Gasteiger partial charge in [-0.2, -0.15) is 0 Å². The fourth-order valence-corrected chi connectivity index (χ4v) is 2.95. The standard InChI is InChI=1S/C19H24O2/c1-15-8-10-16(11-9-15)18(19-7-3-5-13-21-19)14-17-6-2-4-12-20-17/h6-11,18H,2-5,12-14H2,1H3. The average Bonchev–Trinajstić information content (AvgIpc) is 2.55.